The van der Waals surface area contributed by atoms with E-state index in [2.05, 4.69) is 5.32 Å². The van der Waals surface area contributed by atoms with Gasteiger partial charge < -0.3 is 14.8 Å². The Morgan fingerprint density at radius 1 is 1.47 bits per heavy atom. The Labute approximate surface area is 101 Å². The van der Waals surface area contributed by atoms with E-state index in [0.717, 1.165) is 6.42 Å². The van der Waals surface area contributed by atoms with Crippen LogP contribution in [0.5, 0.6) is 0 Å². The van der Waals surface area contributed by atoms with Crippen LogP contribution >= 0.6 is 0 Å². The van der Waals surface area contributed by atoms with Crippen LogP contribution in [0.2, 0.25) is 0 Å². The molecule has 0 aromatic rings. The summed E-state index contributed by atoms with van der Waals surface area (Å²) in [6.07, 6.45) is 4.07. The summed E-state index contributed by atoms with van der Waals surface area (Å²) in [5, 5.41) is 2.67. The molecule has 1 amide bonds. The number of alkyl carbamates (subject to hydrolysis) is 1. The Morgan fingerprint density at radius 2 is 2.18 bits per heavy atom. The topological polar surface area (TPSA) is 64.6 Å². The first kappa shape index (κ1) is 13.5. The lowest BCUT2D eigenvalue weighted by Gasteiger charge is -2.30. The zero-order chi connectivity index (χ0) is 12.8. The van der Waals surface area contributed by atoms with Gasteiger partial charge in [0.05, 0.1) is 25.7 Å². The molecule has 0 heterocycles. The van der Waals surface area contributed by atoms with E-state index in [1.165, 1.54) is 7.11 Å². The molecule has 96 valence electrons. The second kappa shape index (κ2) is 6.27. The second-order valence-electron chi connectivity index (χ2n) is 4.08. The number of methoxy groups -OCH3 is 1. The van der Waals surface area contributed by atoms with Crippen LogP contribution in [-0.4, -0.2) is 31.8 Å². The van der Waals surface area contributed by atoms with Gasteiger partial charge in [-0.05, 0) is 19.3 Å². The molecule has 1 N–H and O–H groups in total. The van der Waals surface area contributed by atoms with Crippen molar-refractivity contribution < 1.29 is 19.1 Å². The highest BCUT2D eigenvalue weighted by Crippen LogP contribution is 2.26. The molecule has 0 spiro atoms. The lowest BCUT2D eigenvalue weighted by atomic mass is 9.81. The van der Waals surface area contributed by atoms with Crippen LogP contribution in [0.15, 0.2) is 12.2 Å². The third kappa shape index (κ3) is 3.47. The molecule has 0 aromatic heterocycles. The third-order valence-electron chi connectivity index (χ3n) is 2.88. The molecule has 5 nitrogen and oxygen atoms in total. The molecular weight excluding hydrogens is 222 g/mol. The van der Waals surface area contributed by atoms with E-state index in [1.807, 2.05) is 19.1 Å². The summed E-state index contributed by atoms with van der Waals surface area (Å²) in [4.78, 5) is 23.0. The Balaban J connectivity index is 2.72. The van der Waals surface area contributed by atoms with Crippen LogP contribution in [0, 0.1) is 11.8 Å². The van der Waals surface area contributed by atoms with E-state index in [9.17, 15) is 9.59 Å². The Bertz CT molecular complexity index is 314. The number of hydrogen-bond donors (Lipinski definition) is 1. The lowest BCUT2D eigenvalue weighted by Crippen LogP contribution is -2.46. The maximum Gasteiger partial charge on any atom is 0.407 e. The smallest absolute Gasteiger partial charge is 0.407 e. The number of ether oxygens (including phenoxy) is 2. The minimum absolute atomic E-state index is 0.138. The summed E-state index contributed by atoms with van der Waals surface area (Å²) >= 11 is 0. The van der Waals surface area contributed by atoms with Crippen molar-refractivity contribution in [2.24, 2.45) is 11.8 Å². The van der Waals surface area contributed by atoms with Crippen LogP contribution in [0.3, 0.4) is 0 Å². The summed E-state index contributed by atoms with van der Waals surface area (Å²) in [6.45, 7) is 4.00. The van der Waals surface area contributed by atoms with Gasteiger partial charge in [-0.3, -0.25) is 4.79 Å². The number of allylic oxidation sites excluding steroid dienone is 1. The molecule has 0 aliphatic heterocycles. The highest BCUT2D eigenvalue weighted by atomic mass is 16.5. The van der Waals surface area contributed by atoms with Crippen LogP contribution in [0.1, 0.15) is 20.3 Å². The number of esters is 1. The molecule has 5 heteroatoms. The first-order valence-corrected chi connectivity index (χ1v) is 5.78. The largest absolute Gasteiger partial charge is 0.469 e. The summed E-state index contributed by atoms with van der Waals surface area (Å²) in [5.74, 6) is -0.516. The Hall–Kier alpha value is -1.52. The summed E-state index contributed by atoms with van der Waals surface area (Å²) in [5.41, 5.74) is 0. The predicted molar refractivity (Wildman–Crippen MR) is 62.4 cm³/mol. The van der Waals surface area contributed by atoms with Crippen molar-refractivity contribution in [1.82, 2.24) is 5.32 Å². The fourth-order valence-corrected chi connectivity index (χ4v) is 2.02. The highest BCUT2D eigenvalue weighted by molar-refractivity contribution is 5.76. The molecule has 0 fully saturated rings. The van der Waals surface area contributed by atoms with Crippen molar-refractivity contribution in [2.45, 2.75) is 26.3 Å². The minimum atomic E-state index is -0.509. The number of carbonyl (C=O) groups excluding carboxylic acids is 2. The van der Waals surface area contributed by atoms with E-state index in [0.29, 0.717) is 6.61 Å². The molecule has 0 saturated heterocycles. The molecule has 0 bridgehead atoms. The van der Waals surface area contributed by atoms with E-state index in [1.54, 1.807) is 6.92 Å². The van der Waals surface area contributed by atoms with E-state index < -0.39 is 6.09 Å². The van der Waals surface area contributed by atoms with Gasteiger partial charge in [0.2, 0.25) is 0 Å². The maximum atomic E-state index is 11.7. The van der Waals surface area contributed by atoms with Gasteiger partial charge in [-0.1, -0.05) is 19.1 Å². The molecule has 3 unspecified atom stereocenters. The van der Waals surface area contributed by atoms with E-state index in [4.69, 9.17) is 9.47 Å². The quantitative estimate of drug-likeness (QED) is 0.600. The van der Waals surface area contributed by atoms with Crippen molar-refractivity contribution in [3.63, 3.8) is 0 Å². The zero-order valence-electron chi connectivity index (χ0n) is 10.4. The number of carbonyl (C=O) groups is 2. The van der Waals surface area contributed by atoms with Crippen molar-refractivity contribution in [2.75, 3.05) is 13.7 Å². The summed E-state index contributed by atoms with van der Waals surface area (Å²) < 4.78 is 9.57. The first-order chi connectivity index (χ1) is 8.10. The predicted octanol–water partition coefficient (Wildman–Crippen LogP) is 1.49. The molecule has 0 saturated carbocycles. The van der Waals surface area contributed by atoms with Gasteiger partial charge in [-0.2, -0.15) is 0 Å². The molecule has 0 radical (unpaired) electrons. The molecule has 1 aliphatic rings. The van der Waals surface area contributed by atoms with Gasteiger partial charge >= 0.3 is 12.1 Å². The average Bonchev–Trinajstić information content (AvgIpc) is 2.28. The summed E-state index contributed by atoms with van der Waals surface area (Å²) in [6, 6.07) is -0.356. The van der Waals surface area contributed by atoms with Gasteiger partial charge in [-0.15, -0.1) is 0 Å². The minimum Gasteiger partial charge on any atom is -0.469 e. The fraction of sp³-hybridized carbons (Fsp3) is 0.667. The number of hydrogen-bond acceptors (Lipinski definition) is 4. The Kier molecular flexibility index (Phi) is 5.00. The van der Waals surface area contributed by atoms with Crippen LogP contribution < -0.4 is 5.32 Å². The Morgan fingerprint density at radius 3 is 2.76 bits per heavy atom. The molecule has 1 aliphatic carbocycles. The normalized spacial score (nSPS) is 27.4. The molecule has 3 atom stereocenters. The van der Waals surface area contributed by atoms with Crippen molar-refractivity contribution in [1.29, 1.82) is 0 Å². The average molecular weight is 241 g/mol. The number of nitrogens with one attached hydrogen (secondary N) is 1. The fourth-order valence-electron chi connectivity index (χ4n) is 2.02. The van der Waals surface area contributed by atoms with Crippen LogP contribution in [0.4, 0.5) is 4.79 Å². The maximum absolute atomic E-state index is 11.7. The SMILES string of the molecule is CCOC(=O)NC1C=CCC(C)C1C(=O)OC. The van der Waals surface area contributed by atoms with Gasteiger partial charge in [0.15, 0.2) is 0 Å². The second-order valence-corrected chi connectivity index (χ2v) is 4.08. The lowest BCUT2D eigenvalue weighted by molar-refractivity contribution is -0.148. The summed E-state index contributed by atoms with van der Waals surface area (Å²) in [7, 11) is 1.36. The number of amides is 1. The van der Waals surface area contributed by atoms with Gasteiger partial charge in [0, 0.05) is 0 Å². The van der Waals surface area contributed by atoms with Crippen molar-refractivity contribution >= 4 is 12.1 Å². The van der Waals surface area contributed by atoms with Crippen molar-refractivity contribution in [3.05, 3.63) is 12.2 Å². The van der Waals surface area contributed by atoms with E-state index >= 15 is 0 Å². The van der Waals surface area contributed by atoms with Crippen molar-refractivity contribution in [3.8, 4) is 0 Å². The molecule has 1 rings (SSSR count). The number of rotatable bonds is 3. The van der Waals surface area contributed by atoms with Gasteiger partial charge in [-0.25, -0.2) is 4.79 Å². The zero-order valence-corrected chi connectivity index (χ0v) is 10.4. The van der Waals surface area contributed by atoms with Crippen LogP contribution in [-0.2, 0) is 14.3 Å². The van der Waals surface area contributed by atoms with Gasteiger partial charge in [0.1, 0.15) is 0 Å². The molecule has 17 heavy (non-hydrogen) atoms. The molecule has 0 aromatic carbocycles. The molecular formula is C12H19NO4. The third-order valence-corrected chi connectivity index (χ3v) is 2.88. The first-order valence-electron chi connectivity index (χ1n) is 5.78. The highest BCUT2D eigenvalue weighted by Gasteiger charge is 2.35. The standard InChI is InChI=1S/C12H19NO4/c1-4-17-12(15)13-9-7-5-6-8(2)10(9)11(14)16-3/h5,7-10H,4,6H2,1-3H3,(H,13,15). The van der Waals surface area contributed by atoms with Crippen LogP contribution in [0.25, 0.3) is 0 Å². The van der Waals surface area contributed by atoms with Gasteiger partial charge in [0.25, 0.3) is 0 Å². The van der Waals surface area contributed by atoms with E-state index in [-0.39, 0.29) is 23.8 Å². The monoisotopic (exact) mass is 241 g/mol.